The van der Waals surface area contributed by atoms with E-state index in [1.807, 2.05) is 0 Å². The van der Waals surface area contributed by atoms with Gasteiger partial charge >= 0.3 is 5.97 Å². The van der Waals surface area contributed by atoms with Gasteiger partial charge in [0.2, 0.25) is 0 Å². The van der Waals surface area contributed by atoms with Gasteiger partial charge in [-0.25, -0.2) is 0 Å². The van der Waals surface area contributed by atoms with E-state index in [1.54, 1.807) is 29.5 Å². The summed E-state index contributed by atoms with van der Waals surface area (Å²) >= 11 is 1.29. The molecule has 0 bridgehead atoms. The fourth-order valence-electron chi connectivity index (χ4n) is 1.55. The molecule has 116 valence electrons. The van der Waals surface area contributed by atoms with E-state index < -0.39 is 0 Å². The zero-order valence-electron chi connectivity index (χ0n) is 12.0. The van der Waals surface area contributed by atoms with E-state index in [2.05, 4.69) is 15.6 Å². The van der Waals surface area contributed by atoms with Crippen molar-refractivity contribution in [2.45, 2.75) is 12.8 Å². The highest BCUT2D eigenvalue weighted by Gasteiger charge is 2.10. The number of likely N-dealkylation sites (N-methyl/N-ethyl adjacent to an activating group) is 1. The van der Waals surface area contributed by atoms with E-state index in [1.165, 1.54) is 18.4 Å². The van der Waals surface area contributed by atoms with Crippen molar-refractivity contribution in [3.63, 3.8) is 0 Å². The maximum atomic E-state index is 11.6. The molecule has 1 aromatic heterocycles. The molecule has 1 heterocycles. The molecule has 2 N–H and O–H groups in total. The minimum Gasteiger partial charge on any atom is -0.469 e. The number of hydrazine groups is 1. The van der Waals surface area contributed by atoms with Crippen LogP contribution < -0.4 is 10.9 Å². The van der Waals surface area contributed by atoms with Gasteiger partial charge in [-0.05, 0) is 31.5 Å². The molecular weight excluding hydrogens is 294 g/mol. The van der Waals surface area contributed by atoms with Gasteiger partial charge in [0, 0.05) is 6.42 Å². The van der Waals surface area contributed by atoms with Crippen molar-refractivity contribution in [3.05, 3.63) is 22.4 Å². The lowest BCUT2D eigenvalue weighted by molar-refractivity contribution is -0.140. The third-order valence-corrected chi connectivity index (χ3v) is 3.49. The molecule has 0 atom stereocenters. The first-order chi connectivity index (χ1) is 10.0. The van der Waals surface area contributed by atoms with Gasteiger partial charge in [-0.15, -0.1) is 11.3 Å². The molecule has 0 radical (unpaired) electrons. The highest BCUT2D eigenvalue weighted by Crippen LogP contribution is 2.06. The van der Waals surface area contributed by atoms with E-state index in [0.717, 1.165) is 0 Å². The number of amides is 2. The molecule has 0 saturated carbocycles. The number of esters is 1. The summed E-state index contributed by atoms with van der Waals surface area (Å²) in [6.07, 6.45) is 0.926. The molecule has 0 saturated heterocycles. The van der Waals surface area contributed by atoms with Gasteiger partial charge in [-0.3, -0.25) is 30.1 Å². The van der Waals surface area contributed by atoms with Crippen LogP contribution in [0.15, 0.2) is 17.5 Å². The van der Waals surface area contributed by atoms with Crippen molar-refractivity contribution in [2.24, 2.45) is 0 Å². The minimum atomic E-state index is -0.341. The smallest absolute Gasteiger partial charge is 0.305 e. The van der Waals surface area contributed by atoms with Gasteiger partial charge in [0.05, 0.1) is 18.5 Å². The van der Waals surface area contributed by atoms with Crippen molar-refractivity contribution >= 4 is 29.1 Å². The monoisotopic (exact) mass is 313 g/mol. The summed E-state index contributed by atoms with van der Waals surface area (Å²) in [5.74, 6) is -0.928. The van der Waals surface area contributed by atoms with E-state index in [9.17, 15) is 14.4 Å². The quantitative estimate of drug-likeness (QED) is 0.562. The van der Waals surface area contributed by atoms with Crippen LogP contribution in [0.3, 0.4) is 0 Å². The normalized spacial score (nSPS) is 10.2. The number of thiophene rings is 1. The number of ether oxygens (including phenoxy) is 1. The minimum absolute atomic E-state index is 0.131. The van der Waals surface area contributed by atoms with Crippen molar-refractivity contribution in [1.82, 2.24) is 15.8 Å². The van der Waals surface area contributed by atoms with Crippen LogP contribution in [0.4, 0.5) is 0 Å². The average Bonchev–Trinajstić information content (AvgIpc) is 2.98. The van der Waals surface area contributed by atoms with Crippen molar-refractivity contribution < 1.29 is 19.1 Å². The van der Waals surface area contributed by atoms with Crippen LogP contribution in [-0.2, 0) is 14.3 Å². The van der Waals surface area contributed by atoms with Crippen molar-refractivity contribution in [3.8, 4) is 0 Å². The first kappa shape index (κ1) is 17.1. The first-order valence-corrected chi connectivity index (χ1v) is 7.29. The molecule has 1 aromatic rings. The Morgan fingerprint density at radius 3 is 2.71 bits per heavy atom. The predicted octanol–water partition coefficient (Wildman–Crippen LogP) is 0.394. The van der Waals surface area contributed by atoms with Gasteiger partial charge in [-0.2, -0.15) is 0 Å². The van der Waals surface area contributed by atoms with Gasteiger partial charge in [0.25, 0.3) is 11.8 Å². The maximum Gasteiger partial charge on any atom is 0.305 e. The molecule has 0 fully saturated rings. The standard InChI is InChI=1S/C13H19N3O4S/c1-16(7-3-6-12(18)20-2)9-11(17)14-15-13(19)10-5-4-8-21-10/h4-5,8H,3,6-7,9H2,1-2H3,(H,14,17)(H,15,19). The number of hydrogen-bond acceptors (Lipinski definition) is 6. The molecule has 0 aliphatic rings. The number of carbonyl (C=O) groups is 3. The van der Waals surface area contributed by atoms with Gasteiger partial charge in [0.15, 0.2) is 0 Å². The lowest BCUT2D eigenvalue weighted by Gasteiger charge is -2.15. The van der Waals surface area contributed by atoms with Crippen molar-refractivity contribution in [2.75, 3.05) is 27.2 Å². The molecule has 2 amide bonds. The van der Waals surface area contributed by atoms with Gasteiger partial charge in [-0.1, -0.05) is 6.07 Å². The van der Waals surface area contributed by atoms with Crippen LogP contribution in [-0.4, -0.2) is 49.9 Å². The number of hydrogen-bond donors (Lipinski definition) is 2. The summed E-state index contributed by atoms with van der Waals surface area (Å²) in [5.41, 5.74) is 4.69. The molecule has 8 heteroatoms. The largest absolute Gasteiger partial charge is 0.469 e. The maximum absolute atomic E-state index is 11.6. The Morgan fingerprint density at radius 1 is 1.33 bits per heavy atom. The number of nitrogens with one attached hydrogen (secondary N) is 2. The molecular formula is C13H19N3O4S. The lowest BCUT2D eigenvalue weighted by Crippen LogP contribution is -2.45. The van der Waals surface area contributed by atoms with Crippen molar-refractivity contribution in [1.29, 1.82) is 0 Å². The first-order valence-electron chi connectivity index (χ1n) is 6.41. The third kappa shape index (κ3) is 6.87. The molecule has 7 nitrogen and oxygen atoms in total. The molecule has 0 aromatic carbocycles. The average molecular weight is 313 g/mol. The van der Waals surface area contributed by atoms with Crippen LogP contribution in [0.1, 0.15) is 22.5 Å². The Hall–Kier alpha value is -1.93. The second-order valence-electron chi connectivity index (χ2n) is 4.40. The highest BCUT2D eigenvalue weighted by atomic mass is 32.1. The zero-order valence-corrected chi connectivity index (χ0v) is 12.9. The fraction of sp³-hybridized carbons (Fsp3) is 0.462. The molecule has 0 aliphatic carbocycles. The molecule has 0 unspecified atom stereocenters. The zero-order chi connectivity index (χ0) is 15.7. The Labute approximate surface area is 127 Å². The predicted molar refractivity (Wildman–Crippen MR) is 78.7 cm³/mol. The Balaban J connectivity index is 2.18. The number of nitrogens with zero attached hydrogens (tertiary/aromatic N) is 1. The summed E-state index contributed by atoms with van der Waals surface area (Å²) in [7, 11) is 3.10. The van der Waals surface area contributed by atoms with Gasteiger partial charge < -0.3 is 4.74 Å². The second kappa shape index (κ2) is 9.09. The van der Waals surface area contributed by atoms with Crippen LogP contribution in [0, 0.1) is 0 Å². The number of carbonyl (C=O) groups excluding carboxylic acids is 3. The summed E-state index contributed by atoms with van der Waals surface area (Å²) in [5, 5.41) is 1.78. The fourth-order valence-corrected chi connectivity index (χ4v) is 2.17. The SMILES string of the molecule is COC(=O)CCCN(C)CC(=O)NNC(=O)c1cccs1. The molecule has 21 heavy (non-hydrogen) atoms. The molecule has 1 rings (SSSR count). The van der Waals surface area contributed by atoms with Crippen LogP contribution in [0.25, 0.3) is 0 Å². The lowest BCUT2D eigenvalue weighted by atomic mass is 10.3. The van der Waals surface area contributed by atoms with E-state index in [0.29, 0.717) is 24.3 Å². The second-order valence-corrected chi connectivity index (χ2v) is 5.34. The Bertz CT molecular complexity index is 476. The molecule has 0 aliphatic heterocycles. The van der Waals surface area contributed by atoms with Crippen LogP contribution in [0.5, 0.6) is 0 Å². The summed E-state index contributed by atoms with van der Waals surface area (Å²) < 4.78 is 4.53. The summed E-state index contributed by atoms with van der Waals surface area (Å²) in [6, 6.07) is 3.43. The van der Waals surface area contributed by atoms with Gasteiger partial charge in [0.1, 0.15) is 0 Å². The van der Waals surface area contributed by atoms with E-state index >= 15 is 0 Å². The van der Waals surface area contributed by atoms with Crippen LogP contribution in [0.2, 0.25) is 0 Å². The third-order valence-electron chi connectivity index (χ3n) is 2.62. The van der Waals surface area contributed by atoms with E-state index in [-0.39, 0.29) is 24.3 Å². The van der Waals surface area contributed by atoms with Crippen LogP contribution >= 0.6 is 11.3 Å². The highest BCUT2D eigenvalue weighted by molar-refractivity contribution is 7.12. The van der Waals surface area contributed by atoms with E-state index in [4.69, 9.17) is 0 Å². The number of rotatable bonds is 7. The summed E-state index contributed by atoms with van der Waals surface area (Å²) in [6.45, 7) is 0.716. The molecule has 0 spiro atoms. The topological polar surface area (TPSA) is 87.7 Å². The number of methoxy groups -OCH3 is 1. The Morgan fingerprint density at radius 2 is 2.10 bits per heavy atom. The Kier molecular flexibility index (Phi) is 7.41. The summed E-state index contributed by atoms with van der Waals surface area (Å²) in [4.78, 5) is 36.4.